The van der Waals surface area contributed by atoms with Crippen LogP contribution < -0.4 is 9.47 Å². The van der Waals surface area contributed by atoms with Crippen molar-refractivity contribution in [2.24, 2.45) is 5.92 Å². The third-order valence-electron chi connectivity index (χ3n) is 6.68. The van der Waals surface area contributed by atoms with E-state index >= 15 is 8.78 Å². The van der Waals surface area contributed by atoms with Gasteiger partial charge < -0.3 is 19.7 Å². The van der Waals surface area contributed by atoms with Gasteiger partial charge in [0.25, 0.3) is 0 Å². The van der Waals surface area contributed by atoms with Crippen molar-refractivity contribution >= 4 is 11.1 Å². The zero-order chi connectivity index (χ0) is 25.4. The van der Waals surface area contributed by atoms with E-state index < -0.39 is 17.7 Å². The smallest absolute Gasteiger partial charge is 0.155 e. The van der Waals surface area contributed by atoms with Crippen LogP contribution in [0.1, 0.15) is 29.7 Å². The summed E-state index contributed by atoms with van der Waals surface area (Å²) in [4.78, 5) is 2.02. The number of hydrogen-bond donors (Lipinski definition) is 2. The number of likely N-dealkylation sites (tertiary alicyclic amines) is 1. The molecule has 3 aromatic carbocycles. The standard InChI is InChI=1S/C28H26F3NO4/c1-16-22-10-20(34)5-6-25(22)36-28(26(16)18-3-2-4-19(33)9-18)27-23(30)11-21(12-24(27)31)35-8-7-32-14-17(13-29)15-32/h2-6,9-12,17,28,33-34H,7-8,13-15H2,1H3/t28-/m1/s1. The van der Waals surface area contributed by atoms with Crippen molar-refractivity contribution in [2.75, 3.05) is 32.9 Å². The molecule has 8 heteroatoms. The molecule has 2 aliphatic heterocycles. The van der Waals surface area contributed by atoms with Crippen molar-refractivity contribution in [3.63, 3.8) is 0 Å². The SMILES string of the molecule is CC1=C(c2cccc(O)c2)[C@H](c2c(F)cc(OCCN3CC(CF)C3)cc2F)Oc2ccc(O)cc21. The first-order valence-corrected chi connectivity index (χ1v) is 11.7. The van der Waals surface area contributed by atoms with E-state index in [0.717, 1.165) is 12.1 Å². The minimum absolute atomic E-state index is 0.00187. The van der Waals surface area contributed by atoms with Crippen LogP contribution in [0, 0.1) is 17.6 Å². The number of rotatable bonds is 7. The third kappa shape index (κ3) is 4.60. The molecule has 3 aromatic rings. The fourth-order valence-corrected chi connectivity index (χ4v) is 4.83. The van der Waals surface area contributed by atoms with E-state index in [-0.39, 0.29) is 42.0 Å². The monoisotopic (exact) mass is 497 g/mol. The molecule has 0 aromatic heterocycles. The van der Waals surface area contributed by atoms with Crippen LogP contribution in [0.2, 0.25) is 0 Å². The van der Waals surface area contributed by atoms with E-state index in [0.29, 0.717) is 47.7 Å². The predicted octanol–water partition coefficient (Wildman–Crippen LogP) is 5.72. The van der Waals surface area contributed by atoms with Crippen LogP contribution in [-0.2, 0) is 0 Å². The van der Waals surface area contributed by atoms with E-state index in [1.54, 1.807) is 25.1 Å². The lowest BCUT2D eigenvalue weighted by Gasteiger charge is -2.37. The van der Waals surface area contributed by atoms with Gasteiger partial charge in [0.15, 0.2) is 6.10 Å². The van der Waals surface area contributed by atoms with Gasteiger partial charge in [-0.1, -0.05) is 12.1 Å². The number of halogens is 3. The van der Waals surface area contributed by atoms with Gasteiger partial charge in [0.2, 0.25) is 0 Å². The van der Waals surface area contributed by atoms with Gasteiger partial charge in [-0.3, -0.25) is 9.29 Å². The number of ether oxygens (including phenoxy) is 2. The second-order valence-corrected chi connectivity index (χ2v) is 9.20. The number of hydrogen-bond acceptors (Lipinski definition) is 5. The van der Waals surface area contributed by atoms with Crippen molar-refractivity contribution in [1.82, 2.24) is 4.90 Å². The number of fused-ring (bicyclic) bond motifs is 1. The van der Waals surface area contributed by atoms with E-state index in [4.69, 9.17) is 9.47 Å². The van der Waals surface area contributed by atoms with E-state index in [9.17, 15) is 14.6 Å². The van der Waals surface area contributed by atoms with Crippen LogP contribution in [-0.4, -0.2) is 48.0 Å². The van der Waals surface area contributed by atoms with Crippen LogP contribution in [0.4, 0.5) is 13.2 Å². The van der Waals surface area contributed by atoms with Gasteiger partial charge in [-0.05, 0) is 48.4 Å². The highest BCUT2D eigenvalue weighted by molar-refractivity contribution is 5.96. The van der Waals surface area contributed by atoms with Crippen molar-refractivity contribution in [1.29, 1.82) is 0 Å². The summed E-state index contributed by atoms with van der Waals surface area (Å²) < 4.78 is 55.1. The van der Waals surface area contributed by atoms with E-state index in [1.807, 2.05) is 4.90 Å². The molecule has 1 atom stereocenters. The van der Waals surface area contributed by atoms with Gasteiger partial charge in [-0.2, -0.15) is 0 Å². The normalized spacial score (nSPS) is 17.9. The molecule has 0 bridgehead atoms. The number of phenolic OH excluding ortho intramolecular Hbond substituents is 2. The summed E-state index contributed by atoms with van der Waals surface area (Å²) in [6.07, 6.45) is -1.14. The average molecular weight is 498 g/mol. The van der Waals surface area contributed by atoms with Crippen molar-refractivity contribution in [2.45, 2.75) is 13.0 Å². The molecule has 5 rings (SSSR count). The zero-order valence-corrected chi connectivity index (χ0v) is 19.7. The number of benzene rings is 3. The molecule has 0 spiro atoms. The molecule has 2 aliphatic rings. The highest BCUT2D eigenvalue weighted by Crippen LogP contribution is 2.48. The lowest BCUT2D eigenvalue weighted by Crippen LogP contribution is -2.49. The molecule has 5 nitrogen and oxygen atoms in total. The largest absolute Gasteiger partial charge is 0.508 e. The van der Waals surface area contributed by atoms with Crippen LogP contribution >= 0.6 is 0 Å². The highest BCUT2D eigenvalue weighted by atomic mass is 19.1. The quantitative estimate of drug-likeness (QED) is 0.437. The molecule has 0 amide bonds. The summed E-state index contributed by atoms with van der Waals surface area (Å²) in [6, 6.07) is 13.1. The number of nitrogens with zero attached hydrogens (tertiary/aromatic N) is 1. The van der Waals surface area contributed by atoms with Gasteiger partial charge in [-0.15, -0.1) is 0 Å². The molecular formula is C28H26F3NO4. The molecule has 36 heavy (non-hydrogen) atoms. The van der Waals surface area contributed by atoms with Gasteiger partial charge in [0, 0.05) is 48.8 Å². The minimum atomic E-state index is -1.14. The van der Waals surface area contributed by atoms with Gasteiger partial charge >= 0.3 is 0 Å². The Bertz CT molecular complexity index is 1300. The Kier molecular flexibility index (Phi) is 6.53. The van der Waals surface area contributed by atoms with Crippen molar-refractivity contribution in [3.05, 3.63) is 82.9 Å². The Morgan fingerprint density at radius 1 is 1.00 bits per heavy atom. The predicted molar refractivity (Wildman–Crippen MR) is 130 cm³/mol. The number of alkyl halides is 1. The minimum Gasteiger partial charge on any atom is -0.508 e. The molecule has 0 radical (unpaired) electrons. The maximum Gasteiger partial charge on any atom is 0.155 e. The topological polar surface area (TPSA) is 62.2 Å². The summed E-state index contributed by atoms with van der Waals surface area (Å²) in [5.74, 6) is -1.15. The molecule has 0 saturated carbocycles. The Morgan fingerprint density at radius 3 is 2.42 bits per heavy atom. The van der Waals surface area contributed by atoms with Gasteiger partial charge in [0.05, 0.1) is 12.2 Å². The highest BCUT2D eigenvalue weighted by Gasteiger charge is 2.34. The fourth-order valence-electron chi connectivity index (χ4n) is 4.83. The number of phenols is 2. The lowest BCUT2D eigenvalue weighted by molar-refractivity contribution is 0.0667. The maximum absolute atomic E-state index is 15.4. The second-order valence-electron chi connectivity index (χ2n) is 9.20. The first-order chi connectivity index (χ1) is 17.3. The van der Waals surface area contributed by atoms with Crippen molar-refractivity contribution < 1.29 is 32.9 Å². The third-order valence-corrected chi connectivity index (χ3v) is 6.68. The lowest BCUT2D eigenvalue weighted by atomic mass is 9.85. The Labute approximate surface area is 207 Å². The first-order valence-electron chi connectivity index (χ1n) is 11.7. The molecule has 0 unspecified atom stereocenters. The first kappa shape index (κ1) is 24.1. The summed E-state index contributed by atoms with van der Waals surface area (Å²) in [6.45, 7) is 3.51. The average Bonchev–Trinajstić information content (AvgIpc) is 2.81. The molecule has 1 fully saturated rings. The Morgan fingerprint density at radius 2 is 1.72 bits per heavy atom. The molecule has 0 aliphatic carbocycles. The maximum atomic E-state index is 15.4. The number of aromatic hydroxyl groups is 2. The summed E-state index contributed by atoms with van der Waals surface area (Å²) in [5.41, 5.74) is 1.96. The summed E-state index contributed by atoms with van der Waals surface area (Å²) in [5, 5.41) is 20.0. The zero-order valence-electron chi connectivity index (χ0n) is 19.7. The van der Waals surface area contributed by atoms with Gasteiger partial charge in [0.1, 0.15) is 41.2 Å². The summed E-state index contributed by atoms with van der Waals surface area (Å²) >= 11 is 0. The molecule has 2 N–H and O–H groups in total. The van der Waals surface area contributed by atoms with Crippen LogP contribution in [0.25, 0.3) is 11.1 Å². The fraction of sp³-hybridized carbons (Fsp3) is 0.286. The summed E-state index contributed by atoms with van der Waals surface area (Å²) in [7, 11) is 0. The molecule has 188 valence electrons. The van der Waals surface area contributed by atoms with Crippen LogP contribution in [0.3, 0.4) is 0 Å². The second kappa shape index (κ2) is 9.78. The van der Waals surface area contributed by atoms with Crippen LogP contribution in [0.15, 0.2) is 54.6 Å². The van der Waals surface area contributed by atoms with E-state index in [2.05, 4.69) is 0 Å². The van der Waals surface area contributed by atoms with Crippen LogP contribution in [0.5, 0.6) is 23.0 Å². The van der Waals surface area contributed by atoms with Gasteiger partial charge in [-0.25, -0.2) is 8.78 Å². The molecule has 2 heterocycles. The Balaban J connectivity index is 1.47. The molecule has 1 saturated heterocycles. The van der Waals surface area contributed by atoms with E-state index in [1.165, 1.54) is 24.3 Å². The Hall–Kier alpha value is -3.65. The van der Waals surface area contributed by atoms with Crippen molar-refractivity contribution in [3.8, 4) is 23.0 Å². The number of allylic oxidation sites excluding steroid dienone is 1. The molecular weight excluding hydrogens is 471 g/mol.